The van der Waals surface area contributed by atoms with Crippen LogP contribution in [0.15, 0.2) is 39.9 Å². The molecule has 0 radical (unpaired) electrons. The van der Waals surface area contributed by atoms with E-state index in [-0.39, 0.29) is 22.8 Å². The summed E-state index contributed by atoms with van der Waals surface area (Å²) in [5.74, 6) is 0.684. The number of benzene rings is 1. The summed E-state index contributed by atoms with van der Waals surface area (Å²) in [6, 6.07) is 9.32. The van der Waals surface area contributed by atoms with Crippen molar-refractivity contribution >= 4 is 27.3 Å². The van der Waals surface area contributed by atoms with Gasteiger partial charge in [0, 0.05) is 25.9 Å². The predicted octanol–water partition coefficient (Wildman–Crippen LogP) is 2.71. The number of sulfonamides is 1. The number of ether oxygens (including phenoxy) is 1. The van der Waals surface area contributed by atoms with E-state index in [0.717, 1.165) is 41.1 Å². The van der Waals surface area contributed by atoms with E-state index in [9.17, 15) is 13.2 Å². The summed E-state index contributed by atoms with van der Waals surface area (Å²) in [5, 5.41) is 1.69. The highest BCUT2D eigenvalue weighted by atomic mass is 32.2. The zero-order chi connectivity index (χ0) is 19.4. The zero-order valence-electron chi connectivity index (χ0n) is 15.5. The summed E-state index contributed by atoms with van der Waals surface area (Å²) in [6.45, 7) is 4.96. The third-order valence-electron chi connectivity index (χ3n) is 4.61. The summed E-state index contributed by atoms with van der Waals surface area (Å²) in [4.78, 5) is 14.0. The molecule has 1 saturated heterocycles. The van der Waals surface area contributed by atoms with Crippen LogP contribution in [0.5, 0.6) is 5.75 Å². The molecule has 0 unspecified atom stereocenters. The lowest BCUT2D eigenvalue weighted by atomic mass is 10.1. The molecule has 2 heterocycles. The van der Waals surface area contributed by atoms with Crippen molar-refractivity contribution < 1.29 is 17.9 Å². The van der Waals surface area contributed by atoms with Crippen LogP contribution in [-0.4, -0.2) is 45.0 Å². The number of nitrogens with zero attached hydrogens (tertiary/aromatic N) is 1. The number of aryl methyl sites for hydroxylation is 2. The van der Waals surface area contributed by atoms with Crippen LogP contribution in [0, 0.1) is 13.8 Å². The fourth-order valence-electron chi connectivity index (χ4n) is 2.99. The van der Waals surface area contributed by atoms with Gasteiger partial charge in [-0.3, -0.25) is 4.79 Å². The van der Waals surface area contributed by atoms with E-state index < -0.39 is 10.0 Å². The summed E-state index contributed by atoms with van der Waals surface area (Å²) >= 11 is 1.13. The summed E-state index contributed by atoms with van der Waals surface area (Å²) in [6.07, 6.45) is 1.53. The highest BCUT2D eigenvalue weighted by Crippen LogP contribution is 2.24. The quantitative estimate of drug-likeness (QED) is 0.797. The average molecular weight is 409 g/mol. The lowest BCUT2D eigenvalue weighted by molar-refractivity contribution is -0.131. The molecule has 146 valence electrons. The Bertz CT molecular complexity index is 886. The van der Waals surface area contributed by atoms with E-state index >= 15 is 0 Å². The molecule has 8 heteroatoms. The second-order valence-electron chi connectivity index (χ2n) is 6.72. The largest absolute Gasteiger partial charge is 0.490 e. The van der Waals surface area contributed by atoms with Gasteiger partial charge in [-0.2, -0.15) is 0 Å². The average Bonchev–Trinajstić information content (AvgIpc) is 3.19. The van der Waals surface area contributed by atoms with Crippen molar-refractivity contribution in [2.24, 2.45) is 0 Å². The van der Waals surface area contributed by atoms with E-state index in [2.05, 4.69) is 10.8 Å². The van der Waals surface area contributed by atoms with Gasteiger partial charge in [-0.25, -0.2) is 13.1 Å². The van der Waals surface area contributed by atoms with Gasteiger partial charge in [0.1, 0.15) is 16.1 Å². The van der Waals surface area contributed by atoms with Gasteiger partial charge >= 0.3 is 0 Å². The topological polar surface area (TPSA) is 75.7 Å². The number of amides is 1. The van der Waals surface area contributed by atoms with Crippen molar-refractivity contribution in [1.82, 2.24) is 9.62 Å². The van der Waals surface area contributed by atoms with Crippen molar-refractivity contribution in [3.63, 3.8) is 0 Å². The standard InChI is InChI=1S/C19H24N2O4S2/c1-14-5-6-15(2)17(12-14)25-16-7-9-21(10-8-16)18(22)13-20-27(23,24)19-4-3-11-26-19/h3-6,11-12,16,20H,7-10,13H2,1-2H3. The first-order valence-electron chi connectivity index (χ1n) is 8.90. The lowest BCUT2D eigenvalue weighted by Crippen LogP contribution is -2.46. The first-order valence-corrected chi connectivity index (χ1v) is 11.3. The zero-order valence-corrected chi connectivity index (χ0v) is 17.1. The Kier molecular flexibility index (Phi) is 6.18. The van der Waals surface area contributed by atoms with E-state index in [1.54, 1.807) is 16.3 Å². The summed E-state index contributed by atoms with van der Waals surface area (Å²) in [7, 11) is -3.61. The van der Waals surface area contributed by atoms with Gasteiger partial charge in [0.25, 0.3) is 10.0 Å². The van der Waals surface area contributed by atoms with E-state index in [0.29, 0.717) is 13.1 Å². The third kappa shape index (κ3) is 5.09. The Morgan fingerprint density at radius 3 is 2.67 bits per heavy atom. The Labute approximate surface area is 164 Å². The molecule has 1 aliphatic rings. The van der Waals surface area contributed by atoms with E-state index in [1.807, 2.05) is 26.0 Å². The number of likely N-dealkylation sites (tertiary alicyclic amines) is 1. The molecule has 0 spiro atoms. The molecule has 1 amide bonds. The van der Waals surface area contributed by atoms with Gasteiger partial charge in [-0.05, 0) is 42.5 Å². The number of thiophene rings is 1. The molecule has 1 N–H and O–H groups in total. The minimum absolute atomic E-state index is 0.0670. The van der Waals surface area contributed by atoms with Crippen LogP contribution in [-0.2, 0) is 14.8 Å². The fourth-order valence-corrected chi connectivity index (χ4v) is 5.00. The fraction of sp³-hybridized carbons (Fsp3) is 0.421. The van der Waals surface area contributed by atoms with Crippen LogP contribution in [0.4, 0.5) is 0 Å². The van der Waals surface area contributed by atoms with Crippen LogP contribution in [0.1, 0.15) is 24.0 Å². The third-order valence-corrected chi connectivity index (χ3v) is 7.40. The molecule has 3 rings (SSSR count). The number of hydrogen-bond donors (Lipinski definition) is 1. The van der Waals surface area contributed by atoms with Crippen LogP contribution in [0.3, 0.4) is 0 Å². The summed E-state index contributed by atoms with van der Waals surface area (Å²) < 4.78 is 32.9. The molecule has 0 atom stereocenters. The van der Waals surface area contributed by atoms with Crippen molar-refractivity contribution in [2.75, 3.05) is 19.6 Å². The number of rotatable bonds is 6. The predicted molar refractivity (Wildman–Crippen MR) is 106 cm³/mol. The van der Waals surface area contributed by atoms with Crippen molar-refractivity contribution in [2.45, 2.75) is 37.0 Å². The molecule has 0 saturated carbocycles. The van der Waals surface area contributed by atoms with Crippen LogP contribution in [0.2, 0.25) is 0 Å². The van der Waals surface area contributed by atoms with Crippen molar-refractivity contribution in [1.29, 1.82) is 0 Å². The molecule has 27 heavy (non-hydrogen) atoms. The van der Waals surface area contributed by atoms with Crippen molar-refractivity contribution in [3.05, 3.63) is 46.8 Å². The number of piperidine rings is 1. The van der Waals surface area contributed by atoms with E-state index in [4.69, 9.17) is 4.74 Å². The van der Waals surface area contributed by atoms with Gasteiger partial charge in [0.2, 0.25) is 5.91 Å². The smallest absolute Gasteiger partial charge is 0.250 e. The maximum absolute atomic E-state index is 12.3. The maximum Gasteiger partial charge on any atom is 0.250 e. The molecular weight excluding hydrogens is 384 g/mol. The first-order chi connectivity index (χ1) is 12.8. The van der Waals surface area contributed by atoms with Gasteiger partial charge in [0.15, 0.2) is 0 Å². The minimum atomic E-state index is -3.61. The number of carbonyl (C=O) groups excluding carboxylic acids is 1. The van der Waals surface area contributed by atoms with Crippen LogP contribution in [0.25, 0.3) is 0 Å². The molecule has 1 aliphatic heterocycles. The molecule has 0 aliphatic carbocycles. The SMILES string of the molecule is Cc1ccc(C)c(OC2CCN(C(=O)CNS(=O)(=O)c3cccs3)CC2)c1. The second-order valence-corrected chi connectivity index (χ2v) is 9.67. The highest BCUT2D eigenvalue weighted by molar-refractivity contribution is 7.91. The van der Waals surface area contributed by atoms with Crippen molar-refractivity contribution in [3.8, 4) is 5.75 Å². The monoisotopic (exact) mass is 408 g/mol. The van der Waals surface area contributed by atoms with Crippen LogP contribution >= 0.6 is 11.3 Å². The maximum atomic E-state index is 12.3. The molecular formula is C19H24N2O4S2. The first kappa shape index (κ1) is 19.9. The number of hydrogen-bond acceptors (Lipinski definition) is 5. The Morgan fingerprint density at radius 1 is 1.26 bits per heavy atom. The Morgan fingerprint density at radius 2 is 2.00 bits per heavy atom. The van der Waals surface area contributed by atoms with Crippen LogP contribution < -0.4 is 9.46 Å². The molecule has 2 aromatic rings. The minimum Gasteiger partial charge on any atom is -0.490 e. The molecule has 1 aromatic carbocycles. The highest BCUT2D eigenvalue weighted by Gasteiger charge is 2.25. The molecule has 0 bridgehead atoms. The normalized spacial score (nSPS) is 15.7. The molecule has 6 nitrogen and oxygen atoms in total. The Balaban J connectivity index is 1.48. The van der Waals surface area contributed by atoms with Gasteiger partial charge in [-0.15, -0.1) is 11.3 Å². The number of nitrogens with one attached hydrogen (secondary N) is 1. The number of carbonyl (C=O) groups is 1. The molecule has 1 aromatic heterocycles. The second kappa shape index (κ2) is 8.41. The van der Waals surface area contributed by atoms with Gasteiger partial charge < -0.3 is 9.64 Å². The summed E-state index contributed by atoms with van der Waals surface area (Å²) in [5.41, 5.74) is 2.25. The van der Waals surface area contributed by atoms with Gasteiger partial charge in [-0.1, -0.05) is 18.2 Å². The Hall–Kier alpha value is -1.90. The van der Waals surface area contributed by atoms with Gasteiger partial charge in [0.05, 0.1) is 6.54 Å². The molecule has 1 fully saturated rings. The van der Waals surface area contributed by atoms with E-state index in [1.165, 1.54) is 6.07 Å². The lowest BCUT2D eigenvalue weighted by Gasteiger charge is -2.32.